The lowest BCUT2D eigenvalue weighted by molar-refractivity contribution is -0.122. The smallest absolute Gasteiger partial charge is 0.227 e. The van der Waals surface area contributed by atoms with Crippen LogP contribution in [0.25, 0.3) is 0 Å². The van der Waals surface area contributed by atoms with Gasteiger partial charge in [-0.3, -0.25) is 9.59 Å². The van der Waals surface area contributed by atoms with E-state index in [4.69, 9.17) is 0 Å². The lowest BCUT2D eigenvalue weighted by Gasteiger charge is -2.21. The molecular weight excluding hydrogens is 312 g/mol. The molecule has 25 heavy (non-hydrogen) atoms. The molecule has 0 radical (unpaired) electrons. The zero-order chi connectivity index (χ0) is 17.8. The fourth-order valence-corrected chi connectivity index (χ4v) is 4.35. The van der Waals surface area contributed by atoms with Crippen molar-refractivity contribution in [2.75, 3.05) is 5.32 Å². The third-order valence-electron chi connectivity index (χ3n) is 6.08. The molecular formula is C21H30N2O2. The standard InChI is InChI=1S/C21H30N2O2/c1-3-14(2)21(25)23-19-6-4-5-16(11-19)13-22-20(24)12-18-10-15-7-8-17(18)9-15/h4-6,11,14-15,17-18H,3,7-10,12-13H2,1-2H3,(H,22,24)(H,23,25). The average Bonchev–Trinajstić information content (AvgIpc) is 3.22. The molecule has 2 aliphatic rings. The summed E-state index contributed by atoms with van der Waals surface area (Å²) >= 11 is 0. The Kier molecular flexibility index (Phi) is 5.77. The van der Waals surface area contributed by atoms with Crippen molar-refractivity contribution in [1.82, 2.24) is 5.32 Å². The van der Waals surface area contributed by atoms with E-state index < -0.39 is 0 Å². The van der Waals surface area contributed by atoms with Gasteiger partial charge in [-0.1, -0.05) is 32.4 Å². The van der Waals surface area contributed by atoms with Gasteiger partial charge in [-0.15, -0.1) is 0 Å². The summed E-state index contributed by atoms with van der Waals surface area (Å²) in [5.74, 6) is 2.47. The molecule has 2 fully saturated rings. The Morgan fingerprint density at radius 3 is 2.76 bits per heavy atom. The van der Waals surface area contributed by atoms with Crippen molar-refractivity contribution in [2.24, 2.45) is 23.7 Å². The maximum absolute atomic E-state index is 12.3. The highest BCUT2D eigenvalue weighted by atomic mass is 16.2. The maximum atomic E-state index is 12.3. The number of amides is 2. The summed E-state index contributed by atoms with van der Waals surface area (Å²) in [5, 5.41) is 5.99. The monoisotopic (exact) mass is 342 g/mol. The van der Waals surface area contributed by atoms with Crippen LogP contribution in [-0.4, -0.2) is 11.8 Å². The van der Waals surface area contributed by atoms with Crippen molar-refractivity contribution < 1.29 is 9.59 Å². The second kappa shape index (κ2) is 8.03. The molecule has 2 bridgehead atoms. The normalized spacial score (nSPS) is 25.6. The third kappa shape index (κ3) is 4.62. The molecule has 0 heterocycles. The van der Waals surface area contributed by atoms with Gasteiger partial charge in [0.15, 0.2) is 0 Å². The van der Waals surface area contributed by atoms with Crippen LogP contribution in [0, 0.1) is 23.7 Å². The number of nitrogens with one attached hydrogen (secondary N) is 2. The molecule has 3 rings (SSSR count). The van der Waals surface area contributed by atoms with Crippen LogP contribution in [0.4, 0.5) is 5.69 Å². The molecule has 2 aliphatic carbocycles. The summed E-state index contributed by atoms with van der Waals surface area (Å²) < 4.78 is 0. The Morgan fingerprint density at radius 2 is 2.08 bits per heavy atom. The van der Waals surface area contributed by atoms with E-state index >= 15 is 0 Å². The van der Waals surface area contributed by atoms with Crippen LogP contribution >= 0.6 is 0 Å². The highest BCUT2D eigenvalue weighted by Crippen LogP contribution is 2.49. The van der Waals surface area contributed by atoms with Crippen LogP contribution in [0.15, 0.2) is 24.3 Å². The van der Waals surface area contributed by atoms with Gasteiger partial charge in [0, 0.05) is 24.6 Å². The fraction of sp³-hybridized carbons (Fsp3) is 0.619. The van der Waals surface area contributed by atoms with Crippen molar-refractivity contribution in [3.63, 3.8) is 0 Å². The number of carbonyl (C=O) groups excluding carboxylic acids is 2. The zero-order valence-corrected chi connectivity index (χ0v) is 15.4. The third-order valence-corrected chi connectivity index (χ3v) is 6.08. The van der Waals surface area contributed by atoms with Gasteiger partial charge in [-0.25, -0.2) is 0 Å². The molecule has 0 spiro atoms. The lowest BCUT2D eigenvalue weighted by Crippen LogP contribution is -2.27. The molecule has 2 saturated carbocycles. The summed E-state index contributed by atoms with van der Waals surface area (Å²) in [6, 6.07) is 7.74. The summed E-state index contributed by atoms with van der Waals surface area (Å²) in [6.07, 6.45) is 6.78. The molecule has 1 aromatic rings. The number of hydrogen-bond donors (Lipinski definition) is 2. The summed E-state index contributed by atoms with van der Waals surface area (Å²) in [7, 11) is 0. The van der Waals surface area contributed by atoms with Gasteiger partial charge in [0.05, 0.1) is 0 Å². The van der Waals surface area contributed by atoms with Crippen LogP contribution in [0.2, 0.25) is 0 Å². The van der Waals surface area contributed by atoms with E-state index in [2.05, 4.69) is 10.6 Å². The number of fused-ring (bicyclic) bond motifs is 2. The molecule has 0 saturated heterocycles. The molecule has 1 aromatic carbocycles. The van der Waals surface area contributed by atoms with Crippen molar-refractivity contribution >= 4 is 17.5 Å². The molecule has 4 heteroatoms. The summed E-state index contributed by atoms with van der Waals surface area (Å²) in [6.45, 7) is 4.45. The van der Waals surface area contributed by atoms with Gasteiger partial charge < -0.3 is 10.6 Å². The largest absolute Gasteiger partial charge is 0.352 e. The number of carbonyl (C=O) groups is 2. The van der Waals surface area contributed by atoms with Crippen molar-refractivity contribution in [3.05, 3.63) is 29.8 Å². The first kappa shape index (κ1) is 18.0. The van der Waals surface area contributed by atoms with Gasteiger partial charge in [0.2, 0.25) is 11.8 Å². The molecule has 4 nitrogen and oxygen atoms in total. The van der Waals surface area contributed by atoms with Crippen LogP contribution < -0.4 is 10.6 Å². The number of hydrogen-bond acceptors (Lipinski definition) is 2. The van der Waals surface area contributed by atoms with E-state index in [0.717, 1.165) is 29.5 Å². The lowest BCUT2D eigenvalue weighted by atomic mass is 9.86. The first-order chi connectivity index (χ1) is 12.0. The summed E-state index contributed by atoms with van der Waals surface area (Å²) in [5.41, 5.74) is 1.81. The van der Waals surface area contributed by atoms with Gasteiger partial charge >= 0.3 is 0 Å². The number of benzene rings is 1. The predicted octanol–water partition coefficient (Wildman–Crippen LogP) is 4.11. The van der Waals surface area contributed by atoms with Gasteiger partial charge in [-0.2, -0.15) is 0 Å². The van der Waals surface area contributed by atoms with E-state index in [1.807, 2.05) is 38.1 Å². The molecule has 4 atom stereocenters. The van der Waals surface area contributed by atoms with Crippen LogP contribution in [0.1, 0.15) is 57.9 Å². The first-order valence-electron chi connectivity index (χ1n) is 9.71. The van der Waals surface area contributed by atoms with Gasteiger partial charge in [0.1, 0.15) is 0 Å². The molecule has 0 aromatic heterocycles. The topological polar surface area (TPSA) is 58.2 Å². The SMILES string of the molecule is CCC(C)C(=O)Nc1cccc(CNC(=O)CC2CC3CCC2C3)c1. The Hall–Kier alpha value is -1.84. The van der Waals surface area contributed by atoms with Crippen LogP contribution in [0.5, 0.6) is 0 Å². The van der Waals surface area contributed by atoms with Gasteiger partial charge in [-0.05, 0) is 61.1 Å². The van der Waals surface area contributed by atoms with Crippen molar-refractivity contribution in [3.8, 4) is 0 Å². The second-order valence-electron chi connectivity index (χ2n) is 7.91. The van der Waals surface area contributed by atoms with Crippen molar-refractivity contribution in [1.29, 1.82) is 0 Å². The van der Waals surface area contributed by atoms with Gasteiger partial charge in [0.25, 0.3) is 0 Å². The summed E-state index contributed by atoms with van der Waals surface area (Å²) in [4.78, 5) is 24.3. The van der Waals surface area contributed by atoms with E-state index in [1.165, 1.54) is 25.7 Å². The van der Waals surface area contributed by atoms with Crippen molar-refractivity contribution in [2.45, 2.75) is 58.9 Å². The highest BCUT2D eigenvalue weighted by Gasteiger charge is 2.39. The Bertz CT molecular complexity index is 628. The molecule has 0 aliphatic heterocycles. The molecule has 4 unspecified atom stereocenters. The first-order valence-corrected chi connectivity index (χ1v) is 9.71. The Balaban J connectivity index is 1.47. The predicted molar refractivity (Wildman–Crippen MR) is 99.9 cm³/mol. The zero-order valence-electron chi connectivity index (χ0n) is 15.4. The number of anilines is 1. The van der Waals surface area contributed by atoms with E-state index in [0.29, 0.717) is 18.9 Å². The minimum atomic E-state index is 0.00472. The van der Waals surface area contributed by atoms with E-state index in [-0.39, 0.29) is 17.7 Å². The van der Waals surface area contributed by atoms with Crippen LogP contribution in [0.3, 0.4) is 0 Å². The molecule has 2 amide bonds. The molecule has 2 N–H and O–H groups in total. The minimum absolute atomic E-state index is 0.00472. The Labute approximate surface area is 150 Å². The number of rotatable bonds is 7. The fourth-order valence-electron chi connectivity index (χ4n) is 4.35. The van der Waals surface area contributed by atoms with Crippen LogP contribution in [-0.2, 0) is 16.1 Å². The van der Waals surface area contributed by atoms with E-state index in [9.17, 15) is 9.59 Å². The Morgan fingerprint density at radius 1 is 1.24 bits per heavy atom. The second-order valence-corrected chi connectivity index (χ2v) is 7.91. The highest BCUT2D eigenvalue weighted by molar-refractivity contribution is 5.92. The quantitative estimate of drug-likeness (QED) is 0.783. The minimum Gasteiger partial charge on any atom is -0.352 e. The maximum Gasteiger partial charge on any atom is 0.227 e. The average molecular weight is 342 g/mol. The van der Waals surface area contributed by atoms with E-state index in [1.54, 1.807) is 0 Å². The molecule has 136 valence electrons.